The van der Waals surface area contributed by atoms with Gasteiger partial charge >= 0.3 is 0 Å². The topological polar surface area (TPSA) is 42.7 Å². The summed E-state index contributed by atoms with van der Waals surface area (Å²) in [5.41, 5.74) is 1.32. The molecule has 16 heavy (non-hydrogen) atoms. The van der Waals surface area contributed by atoms with Crippen LogP contribution in [-0.2, 0) is 13.1 Å². The van der Waals surface area contributed by atoms with Crippen LogP contribution >= 0.6 is 11.3 Å². The summed E-state index contributed by atoms with van der Waals surface area (Å²) in [5.74, 6) is 0.991. The van der Waals surface area contributed by atoms with Crippen molar-refractivity contribution in [3.8, 4) is 0 Å². The van der Waals surface area contributed by atoms with Gasteiger partial charge in [0.05, 0.1) is 6.54 Å². The standard InChI is InChI=1S/C11H16N4S/c1-9(2)15-11(13-8-14-15)6-12-5-10-3-4-16-7-10/h3-4,7-9,12H,5-6H2,1-2H3. The normalized spacial score (nSPS) is 11.2. The largest absolute Gasteiger partial charge is 0.306 e. The monoisotopic (exact) mass is 236 g/mol. The van der Waals surface area contributed by atoms with E-state index in [1.165, 1.54) is 5.56 Å². The van der Waals surface area contributed by atoms with E-state index in [1.54, 1.807) is 17.7 Å². The average molecular weight is 236 g/mol. The Kier molecular flexibility index (Phi) is 3.69. The van der Waals surface area contributed by atoms with Crippen LogP contribution in [0.1, 0.15) is 31.3 Å². The molecule has 0 aliphatic carbocycles. The first kappa shape index (κ1) is 11.3. The van der Waals surface area contributed by atoms with Crippen LogP contribution in [0, 0.1) is 0 Å². The maximum absolute atomic E-state index is 4.25. The second-order valence-corrected chi connectivity index (χ2v) is 4.73. The quantitative estimate of drug-likeness (QED) is 0.865. The molecule has 0 saturated heterocycles. The molecule has 86 valence electrons. The van der Waals surface area contributed by atoms with Gasteiger partial charge in [0.15, 0.2) is 0 Å². The first-order valence-corrected chi connectivity index (χ1v) is 6.32. The van der Waals surface area contributed by atoms with Gasteiger partial charge in [-0.3, -0.25) is 0 Å². The number of nitrogens with one attached hydrogen (secondary N) is 1. The lowest BCUT2D eigenvalue weighted by Gasteiger charge is -2.09. The summed E-state index contributed by atoms with van der Waals surface area (Å²) in [5, 5.41) is 11.8. The van der Waals surface area contributed by atoms with Crippen molar-refractivity contribution < 1.29 is 0 Å². The number of hydrogen-bond acceptors (Lipinski definition) is 4. The van der Waals surface area contributed by atoms with Gasteiger partial charge in [-0.2, -0.15) is 16.4 Å². The van der Waals surface area contributed by atoms with Crippen molar-refractivity contribution in [2.75, 3.05) is 0 Å². The van der Waals surface area contributed by atoms with Crippen molar-refractivity contribution in [2.45, 2.75) is 33.0 Å². The van der Waals surface area contributed by atoms with Gasteiger partial charge in [0.25, 0.3) is 0 Å². The van der Waals surface area contributed by atoms with Crippen molar-refractivity contribution in [1.82, 2.24) is 20.1 Å². The Hall–Kier alpha value is -1.20. The molecule has 2 aromatic heterocycles. The predicted octanol–water partition coefficient (Wildman–Crippen LogP) is 2.21. The van der Waals surface area contributed by atoms with E-state index in [1.807, 2.05) is 4.68 Å². The summed E-state index contributed by atoms with van der Waals surface area (Å²) in [6.07, 6.45) is 1.61. The predicted molar refractivity (Wildman–Crippen MR) is 65.3 cm³/mol. The molecule has 0 aromatic carbocycles. The van der Waals surface area contributed by atoms with E-state index in [0.29, 0.717) is 6.04 Å². The minimum absolute atomic E-state index is 0.362. The van der Waals surface area contributed by atoms with Crippen molar-refractivity contribution >= 4 is 11.3 Å². The van der Waals surface area contributed by atoms with Crippen LogP contribution in [0.2, 0.25) is 0 Å². The fourth-order valence-corrected chi connectivity index (χ4v) is 2.21. The van der Waals surface area contributed by atoms with E-state index in [0.717, 1.165) is 18.9 Å². The summed E-state index contributed by atoms with van der Waals surface area (Å²) in [6.45, 7) is 5.86. The van der Waals surface area contributed by atoms with Crippen LogP contribution in [0.3, 0.4) is 0 Å². The molecule has 0 unspecified atom stereocenters. The zero-order valence-electron chi connectivity index (χ0n) is 9.55. The van der Waals surface area contributed by atoms with E-state index < -0.39 is 0 Å². The molecule has 0 spiro atoms. The molecule has 0 saturated carbocycles. The molecule has 5 heteroatoms. The molecule has 2 rings (SSSR count). The third-order valence-electron chi connectivity index (χ3n) is 2.33. The van der Waals surface area contributed by atoms with Gasteiger partial charge in [-0.1, -0.05) is 0 Å². The fraction of sp³-hybridized carbons (Fsp3) is 0.455. The van der Waals surface area contributed by atoms with E-state index in [9.17, 15) is 0 Å². The van der Waals surface area contributed by atoms with Gasteiger partial charge in [-0.05, 0) is 36.2 Å². The summed E-state index contributed by atoms with van der Waals surface area (Å²) in [4.78, 5) is 4.25. The van der Waals surface area contributed by atoms with E-state index in [2.05, 4.69) is 46.1 Å². The second-order valence-electron chi connectivity index (χ2n) is 3.95. The number of hydrogen-bond donors (Lipinski definition) is 1. The summed E-state index contributed by atoms with van der Waals surface area (Å²) in [7, 11) is 0. The second kappa shape index (κ2) is 5.23. The Morgan fingerprint density at radius 3 is 3.00 bits per heavy atom. The molecule has 0 fully saturated rings. The summed E-state index contributed by atoms with van der Waals surface area (Å²) in [6, 6.07) is 2.49. The Balaban J connectivity index is 1.87. The summed E-state index contributed by atoms with van der Waals surface area (Å²) >= 11 is 1.72. The first-order valence-electron chi connectivity index (χ1n) is 5.37. The zero-order chi connectivity index (χ0) is 11.4. The molecule has 0 radical (unpaired) electrons. The molecule has 1 N–H and O–H groups in total. The SMILES string of the molecule is CC(C)n1ncnc1CNCc1ccsc1. The van der Waals surface area contributed by atoms with Gasteiger partial charge < -0.3 is 5.32 Å². The van der Waals surface area contributed by atoms with E-state index >= 15 is 0 Å². The first-order chi connectivity index (χ1) is 7.77. The molecular formula is C11H16N4S. The van der Waals surface area contributed by atoms with Crippen LogP contribution < -0.4 is 5.32 Å². The average Bonchev–Trinajstić information content (AvgIpc) is 2.87. The van der Waals surface area contributed by atoms with Crippen molar-refractivity contribution in [3.05, 3.63) is 34.5 Å². The van der Waals surface area contributed by atoms with Crippen LogP contribution in [0.25, 0.3) is 0 Å². The maximum atomic E-state index is 4.25. The van der Waals surface area contributed by atoms with Gasteiger partial charge in [0, 0.05) is 12.6 Å². The lowest BCUT2D eigenvalue weighted by molar-refractivity contribution is 0.490. The molecule has 0 aliphatic heterocycles. The third-order valence-corrected chi connectivity index (χ3v) is 3.06. The number of aromatic nitrogens is 3. The highest BCUT2D eigenvalue weighted by atomic mass is 32.1. The van der Waals surface area contributed by atoms with Gasteiger partial charge in [0.2, 0.25) is 0 Å². The van der Waals surface area contributed by atoms with Crippen LogP contribution in [0.5, 0.6) is 0 Å². The Morgan fingerprint density at radius 1 is 1.44 bits per heavy atom. The van der Waals surface area contributed by atoms with Gasteiger partial charge in [-0.25, -0.2) is 9.67 Å². The van der Waals surface area contributed by atoms with E-state index in [-0.39, 0.29) is 0 Å². The molecule has 0 bridgehead atoms. The highest BCUT2D eigenvalue weighted by Crippen LogP contribution is 2.07. The summed E-state index contributed by atoms with van der Waals surface area (Å²) < 4.78 is 1.95. The number of nitrogens with zero attached hydrogens (tertiary/aromatic N) is 3. The smallest absolute Gasteiger partial charge is 0.141 e. The number of rotatable bonds is 5. The van der Waals surface area contributed by atoms with Crippen LogP contribution in [-0.4, -0.2) is 14.8 Å². The lowest BCUT2D eigenvalue weighted by atomic mass is 10.3. The Bertz CT molecular complexity index is 419. The Morgan fingerprint density at radius 2 is 2.31 bits per heavy atom. The van der Waals surface area contributed by atoms with Crippen LogP contribution in [0.15, 0.2) is 23.2 Å². The maximum Gasteiger partial charge on any atom is 0.141 e. The van der Waals surface area contributed by atoms with E-state index in [4.69, 9.17) is 0 Å². The molecule has 2 heterocycles. The van der Waals surface area contributed by atoms with Gasteiger partial charge in [0.1, 0.15) is 12.2 Å². The van der Waals surface area contributed by atoms with Crippen LogP contribution in [0.4, 0.5) is 0 Å². The lowest BCUT2D eigenvalue weighted by Crippen LogP contribution is -2.18. The van der Waals surface area contributed by atoms with Crippen molar-refractivity contribution in [3.63, 3.8) is 0 Å². The minimum Gasteiger partial charge on any atom is -0.306 e. The van der Waals surface area contributed by atoms with Gasteiger partial charge in [-0.15, -0.1) is 0 Å². The third kappa shape index (κ3) is 2.68. The molecule has 0 aliphatic rings. The molecule has 0 amide bonds. The molecule has 2 aromatic rings. The number of thiophene rings is 1. The highest BCUT2D eigenvalue weighted by Gasteiger charge is 2.06. The molecule has 0 atom stereocenters. The van der Waals surface area contributed by atoms with Crippen molar-refractivity contribution in [2.24, 2.45) is 0 Å². The fourth-order valence-electron chi connectivity index (χ4n) is 1.54. The highest BCUT2D eigenvalue weighted by molar-refractivity contribution is 7.07. The minimum atomic E-state index is 0.362. The molecular weight excluding hydrogens is 220 g/mol. The van der Waals surface area contributed by atoms with Crippen molar-refractivity contribution in [1.29, 1.82) is 0 Å². The Labute approximate surface area is 99.3 Å². The zero-order valence-corrected chi connectivity index (χ0v) is 10.4. The molecule has 4 nitrogen and oxygen atoms in total.